The fraction of sp³-hybridized carbons (Fsp3) is 0. The van der Waals surface area contributed by atoms with E-state index in [0.29, 0.717) is 16.2 Å². The van der Waals surface area contributed by atoms with E-state index >= 15 is 0 Å². The van der Waals surface area contributed by atoms with Crippen LogP contribution in [0.25, 0.3) is 10.8 Å². The number of esters is 1. The fourth-order valence-corrected chi connectivity index (χ4v) is 3.42. The molecule has 0 fully saturated rings. The van der Waals surface area contributed by atoms with Gasteiger partial charge in [-0.2, -0.15) is 5.10 Å². The van der Waals surface area contributed by atoms with Crippen molar-refractivity contribution in [2.24, 2.45) is 5.10 Å². The molecule has 3 aromatic carbocycles. The lowest BCUT2D eigenvalue weighted by atomic mass is 10.0. The number of carbonyl (C=O) groups excluding carboxylic acids is 2. The van der Waals surface area contributed by atoms with E-state index in [1.54, 1.807) is 42.5 Å². The second-order valence-electron chi connectivity index (χ2n) is 6.16. The number of fused-ring (bicyclic) bond motifs is 1. The summed E-state index contributed by atoms with van der Waals surface area (Å²) in [6, 6.07) is 23.7. The predicted molar refractivity (Wildman–Crippen MR) is 115 cm³/mol. The lowest BCUT2D eigenvalue weighted by molar-refractivity contribution is 0.0739. The zero-order chi connectivity index (χ0) is 20.1. The van der Waals surface area contributed by atoms with Crippen molar-refractivity contribution in [1.29, 1.82) is 0 Å². The average Bonchev–Trinajstić information content (AvgIpc) is 3.30. The maximum atomic E-state index is 12.5. The van der Waals surface area contributed by atoms with Crippen LogP contribution in [0.1, 0.15) is 25.6 Å². The van der Waals surface area contributed by atoms with Gasteiger partial charge >= 0.3 is 5.97 Å². The van der Waals surface area contributed by atoms with Crippen LogP contribution in [-0.4, -0.2) is 18.1 Å². The summed E-state index contributed by atoms with van der Waals surface area (Å²) in [6.45, 7) is 0. The van der Waals surface area contributed by atoms with Gasteiger partial charge in [0.15, 0.2) is 0 Å². The third-order valence-corrected chi connectivity index (χ3v) is 5.08. The Labute approximate surface area is 171 Å². The minimum Gasteiger partial charge on any atom is -0.422 e. The molecule has 0 atom stereocenters. The summed E-state index contributed by atoms with van der Waals surface area (Å²) >= 11 is 1.33. The Balaban J connectivity index is 1.39. The molecule has 0 bridgehead atoms. The summed E-state index contributed by atoms with van der Waals surface area (Å²) in [6.07, 6.45) is 1.54. The first kappa shape index (κ1) is 18.6. The number of rotatable bonds is 5. The van der Waals surface area contributed by atoms with Crippen LogP contribution >= 0.6 is 11.3 Å². The molecule has 29 heavy (non-hydrogen) atoms. The largest absolute Gasteiger partial charge is 0.422 e. The number of hydrazone groups is 1. The highest BCUT2D eigenvalue weighted by atomic mass is 32.1. The van der Waals surface area contributed by atoms with Crippen molar-refractivity contribution >= 4 is 40.2 Å². The van der Waals surface area contributed by atoms with Crippen molar-refractivity contribution in [3.63, 3.8) is 0 Å². The lowest BCUT2D eigenvalue weighted by Gasteiger charge is -2.05. The van der Waals surface area contributed by atoms with Crippen LogP contribution in [0.15, 0.2) is 89.3 Å². The Kier molecular flexibility index (Phi) is 5.45. The molecule has 1 amide bonds. The maximum Gasteiger partial charge on any atom is 0.353 e. The Hall–Kier alpha value is -3.77. The van der Waals surface area contributed by atoms with Crippen LogP contribution in [0, 0.1) is 0 Å². The molecule has 1 N–H and O–H groups in total. The first-order valence-electron chi connectivity index (χ1n) is 8.87. The maximum absolute atomic E-state index is 12.5. The van der Waals surface area contributed by atoms with Crippen molar-refractivity contribution < 1.29 is 14.3 Å². The number of hydrogen-bond donors (Lipinski definition) is 1. The molecule has 0 unspecified atom stereocenters. The Morgan fingerprint density at radius 1 is 0.897 bits per heavy atom. The van der Waals surface area contributed by atoms with Crippen LogP contribution in [0.3, 0.4) is 0 Å². The van der Waals surface area contributed by atoms with Gasteiger partial charge in [-0.1, -0.05) is 42.5 Å². The van der Waals surface area contributed by atoms with E-state index in [1.807, 2.05) is 41.8 Å². The van der Waals surface area contributed by atoms with E-state index in [0.717, 1.165) is 16.3 Å². The molecule has 0 aliphatic heterocycles. The van der Waals surface area contributed by atoms with Gasteiger partial charge in [0.25, 0.3) is 5.91 Å². The highest BCUT2D eigenvalue weighted by Gasteiger charge is 2.10. The Bertz CT molecular complexity index is 1180. The van der Waals surface area contributed by atoms with Gasteiger partial charge < -0.3 is 4.74 Å². The van der Waals surface area contributed by atoms with Gasteiger partial charge in [0, 0.05) is 5.56 Å². The molecular weight excluding hydrogens is 384 g/mol. The van der Waals surface area contributed by atoms with E-state index in [9.17, 15) is 9.59 Å². The van der Waals surface area contributed by atoms with Gasteiger partial charge in [-0.25, -0.2) is 10.2 Å². The van der Waals surface area contributed by atoms with E-state index in [4.69, 9.17) is 4.74 Å². The predicted octanol–water partition coefficient (Wildman–Crippen LogP) is 4.88. The van der Waals surface area contributed by atoms with Gasteiger partial charge in [0.05, 0.1) is 6.21 Å². The molecule has 5 nitrogen and oxygen atoms in total. The molecular formula is C23H16N2O3S. The summed E-state index contributed by atoms with van der Waals surface area (Å²) in [5.74, 6) is -0.219. The van der Waals surface area contributed by atoms with E-state index in [-0.39, 0.29) is 11.9 Å². The highest BCUT2D eigenvalue weighted by Crippen LogP contribution is 2.18. The van der Waals surface area contributed by atoms with Crippen LogP contribution in [-0.2, 0) is 0 Å². The third-order valence-electron chi connectivity index (χ3n) is 4.23. The second kappa shape index (κ2) is 8.50. The molecule has 1 heterocycles. The molecule has 4 rings (SSSR count). The Morgan fingerprint density at radius 2 is 1.69 bits per heavy atom. The smallest absolute Gasteiger partial charge is 0.353 e. The third kappa shape index (κ3) is 4.39. The van der Waals surface area contributed by atoms with Gasteiger partial charge in [0.2, 0.25) is 0 Å². The minimum atomic E-state index is -0.385. The van der Waals surface area contributed by atoms with E-state index in [2.05, 4.69) is 10.5 Å². The highest BCUT2D eigenvalue weighted by molar-refractivity contribution is 7.12. The molecule has 1 aromatic heterocycles. The quantitative estimate of drug-likeness (QED) is 0.225. The van der Waals surface area contributed by atoms with Crippen LogP contribution in [0.2, 0.25) is 0 Å². The van der Waals surface area contributed by atoms with Gasteiger partial charge in [-0.05, 0) is 58.1 Å². The van der Waals surface area contributed by atoms with Crippen molar-refractivity contribution in [3.05, 3.63) is 100 Å². The lowest BCUT2D eigenvalue weighted by Crippen LogP contribution is -2.17. The molecule has 0 saturated heterocycles. The second-order valence-corrected chi connectivity index (χ2v) is 7.11. The van der Waals surface area contributed by atoms with Crippen LogP contribution < -0.4 is 10.2 Å². The van der Waals surface area contributed by atoms with Crippen molar-refractivity contribution in [3.8, 4) is 5.75 Å². The fourth-order valence-electron chi connectivity index (χ4n) is 2.82. The Morgan fingerprint density at radius 3 is 2.48 bits per heavy atom. The first-order valence-corrected chi connectivity index (χ1v) is 9.75. The molecule has 0 aliphatic rings. The summed E-state index contributed by atoms with van der Waals surface area (Å²) in [7, 11) is 0. The van der Waals surface area contributed by atoms with Crippen LogP contribution in [0.4, 0.5) is 0 Å². The van der Waals surface area contributed by atoms with Gasteiger partial charge in [0.1, 0.15) is 10.6 Å². The monoisotopic (exact) mass is 400 g/mol. The molecule has 6 heteroatoms. The number of nitrogens with one attached hydrogen (secondary N) is 1. The number of carbonyl (C=O) groups is 2. The van der Waals surface area contributed by atoms with Crippen molar-refractivity contribution in [2.45, 2.75) is 0 Å². The summed E-state index contributed by atoms with van der Waals surface area (Å²) in [5.41, 5.74) is 3.88. The molecule has 142 valence electrons. The van der Waals surface area contributed by atoms with Gasteiger partial charge in [-0.3, -0.25) is 4.79 Å². The SMILES string of the molecule is O=C(Oc1ccc(/C=N/NC(=O)c2cccc3ccccc23)cc1)c1cccs1. The molecule has 0 spiro atoms. The number of benzene rings is 3. The number of hydrogen-bond acceptors (Lipinski definition) is 5. The van der Waals surface area contributed by atoms with E-state index < -0.39 is 0 Å². The first-order chi connectivity index (χ1) is 14.2. The number of thiophene rings is 1. The minimum absolute atomic E-state index is 0.278. The zero-order valence-electron chi connectivity index (χ0n) is 15.2. The number of ether oxygens (including phenoxy) is 1. The van der Waals surface area contributed by atoms with Crippen LogP contribution in [0.5, 0.6) is 5.75 Å². The van der Waals surface area contributed by atoms with Crippen molar-refractivity contribution in [2.75, 3.05) is 0 Å². The molecule has 0 saturated carbocycles. The zero-order valence-corrected chi connectivity index (χ0v) is 16.1. The number of amides is 1. The molecule has 0 radical (unpaired) electrons. The van der Waals surface area contributed by atoms with Gasteiger partial charge in [-0.15, -0.1) is 11.3 Å². The molecule has 4 aromatic rings. The van der Waals surface area contributed by atoms with Crippen molar-refractivity contribution in [1.82, 2.24) is 5.43 Å². The molecule has 0 aliphatic carbocycles. The number of nitrogens with zero attached hydrogens (tertiary/aromatic N) is 1. The topological polar surface area (TPSA) is 67.8 Å². The average molecular weight is 400 g/mol. The summed E-state index contributed by atoms with van der Waals surface area (Å²) in [5, 5.41) is 7.72. The summed E-state index contributed by atoms with van der Waals surface area (Å²) in [4.78, 5) is 25.0. The van der Waals surface area contributed by atoms with E-state index in [1.165, 1.54) is 17.6 Å². The summed E-state index contributed by atoms with van der Waals surface area (Å²) < 4.78 is 5.31. The normalized spacial score (nSPS) is 10.9. The standard InChI is InChI=1S/C23H16N2O3S/c26-22(20-8-3-6-17-5-1-2-7-19(17)20)25-24-15-16-10-12-18(13-11-16)28-23(27)21-9-4-14-29-21/h1-15H,(H,25,26)/b24-15+.